The molecule has 0 saturated heterocycles. The highest BCUT2D eigenvalue weighted by molar-refractivity contribution is 7.89. The van der Waals surface area contributed by atoms with Crippen LogP contribution in [0.1, 0.15) is 10.4 Å². The Morgan fingerprint density at radius 3 is 2.14 bits per heavy atom. The summed E-state index contributed by atoms with van der Waals surface area (Å²) >= 11 is 0. The summed E-state index contributed by atoms with van der Waals surface area (Å²) in [5.41, 5.74) is 1.45. The summed E-state index contributed by atoms with van der Waals surface area (Å²) in [5, 5.41) is 0. The standard InChI is InChI=1S/C16H18N2O3S/c1-18(2)14-10-8-13(9-11-14)16(19)12-17-22(20,21)15-6-4-3-5-7-15/h3-11,17H,12H2,1-2H3. The lowest BCUT2D eigenvalue weighted by molar-refractivity contribution is 0.0997. The van der Waals surface area contributed by atoms with Gasteiger partial charge in [0.2, 0.25) is 10.0 Å². The number of benzene rings is 2. The number of nitrogens with one attached hydrogen (secondary N) is 1. The minimum absolute atomic E-state index is 0.144. The van der Waals surface area contributed by atoms with Crippen molar-refractivity contribution in [2.24, 2.45) is 0 Å². The number of hydrogen-bond donors (Lipinski definition) is 1. The molecule has 0 heterocycles. The summed E-state index contributed by atoms with van der Waals surface area (Å²) < 4.78 is 26.4. The van der Waals surface area contributed by atoms with Crippen LogP contribution >= 0.6 is 0 Å². The summed E-state index contributed by atoms with van der Waals surface area (Å²) in [5.74, 6) is -0.273. The molecule has 0 atom stereocenters. The summed E-state index contributed by atoms with van der Waals surface area (Å²) in [6.45, 7) is -0.265. The van der Waals surface area contributed by atoms with Gasteiger partial charge < -0.3 is 4.90 Å². The van der Waals surface area contributed by atoms with E-state index in [0.717, 1.165) is 5.69 Å². The average Bonchev–Trinajstić information content (AvgIpc) is 2.53. The van der Waals surface area contributed by atoms with E-state index in [2.05, 4.69) is 4.72 Å². The van der Waals surface area contributed by atoms with Crippen molar-refractivity contribution in [3.63, 3.8) is 0 Å². The number of Topliss-reactive ketones (excluding diaryl/α,β-unsaturated/α-hetero) is 1. The number of carbonyl (C=O) groups excluding carboxylic acids is 1. The first kappa shape index (κ1) is 16.2. The first-order valence-corrected chi connectivity index (χ1v) is 8.24. The number of hydrogen-bond acceptors (Lipinski definition) is 4. The van der Waals surface area contributed by atoms with Gasteiger partial charge in [-0.05, 0) is 36.4 Å². The predicted octanol–water partition coefficient (Wildman–Crippen LogP) is 1.91. The highest BCUT2D eigenvalue weighted by Gasteiger charge is 2.15. The maximum absolute atomic E-state index is 12.1. The van der Waals surface area contributed by atoms with E-state index in [1.165, 1.54) is 12.1 Å². The van der Waals surface area contributed by atoms with Gasteiger partial charge in [-0.15, -0.1) is 0 Å². The zero-order valence-electron chi connectivity index (χ0n) is 12.5. The van der Waals surface area contributed by atoms with Gasteiger partial charge in [-0.2, -0.15) is 0 Å². The summed E-state index contributed by atoms with van der Waals surface area (Å²) in [4.78, 5) is 14.1. The van der Waals surface area contributed by atoms with Crippen molar-refractivity contribution in [3.8, 4) is 0 Å². The molecule has 0 aliphatic carbocycles. The van der Waals surface area contributed by atoms with E-state index in [9.17, 15) is 13.2 Å². The van der Waals surface area contributed by atoms with Crippen molar-refractivity contribution in [1.82, 2.24) is 4.72 Å². The minimum Gasteiger partial charge on any atom is -0.378 e. The third-order valence-electron chi connectivity index (χ3n) is 3.18. The summed E-state index contributed by atoms with van der Waals surface area (Å²) in [6.07, 6.45) is 0. The van der Waals surface area contributed by atoms with Crippen LogP contribution in [0.15, 0.2) is 59.5 Å². The van der Waals surface area contributed by atoms with Gasteiger partial charge in [0.1, 0.15) is 0 Å². The molecule has 0 saturated carbocycles. The summed E-state index contributed by atoms with van der Waals surface area (Å²) in [7, 11) is 0.151. The number of nitrogens with zero attached hydrogens (tertiary/aromatic N) is 1. The second-order valence-corrected chi connectivity index (χ2v) is 6.77. The molecule has 2 aromatic carbocycles. The molecule has 0 aliphatic rings. The van der Waals surface area contributed by atoms with Gasteiger partial charge in [-0.1, -0.05) is 18.2 Å². The van der Waals surface area contributed by atoms with Gasteiger partial charge in [0.25, 0.3) is 0 Å². The van der Waals surface area contributed by atoms with Gasteiger partial charge in [-0.3, -0.25) is 4.79 Å². The number of anilines is 1. The van der Waals surface area contributed by atoms with E-state index in [1.807, 2.05) is 31.1 Å². The lowest BCUT2D eigenvalue weighted by Gasteiger charge is -2.12. The van der Waals surface area contributed by atoms with E-state index in [4.69, 9.17) is 0 Å². The normalized spacial score (nSPS) is 11.2. The van der Waals surface area contributed by atoms with Crippen LogP contribution in [-0.2, 0) is 10.0 Å². The fourth-order valence-corrected chi connectivity index (χ4v) is 2.89. The molecule has 2 rings (SSSR count). The van der Waals surface area contributed by atoms with E-state index < -0.39 is 10.0 Å². The van der Waals surface area contributed by atoms with Crippen molar-refractivity contribution in [1.29, 1.82) is 0 Å². The Balaban J connectivity index is 2.04. The molecule has 0 fully saturated rings. The lowest BCUT2D eigenvalue weighted by Crippen LogP contribution is -2.29. The molecule has 0 amide bonds. The van der Waals surface area contributed by atoms with Crippen molar-refractivity contribution in [2.75, 3.05) is 25.5 Å². The Bertz CT molecular complexity index is 739. The van der Waals surface area contributed by atoms with Gasteiger partial charge in [0, 0.05) is 25.3 Å². The van der Waals surface area contributed by atoms with Crippen molar-refractivity contribution in [2.45, 2.75) is 4.90 Å². The molecule has 116 valence electrons. The SMILES string of the molecule is CN(C)c1ccc(C(=O)CNS(=O)(=O)c2ccccc2)cc1. The smallest absolute Gasteiger partial charge is 0.240 e. The van der Waals surface area contributed by atoms with Crippen LogP contribution in [0.3, 0.4) is 0 Å². The van der Waals surface area contributed by atoms with E-state index in [1.54, 1.807) is 30.3 Å². The molecule has 0 radical (unpaired) electrons. The number of rotatable bonds is 6. The Labute approximate surface area is 130 Å². The predicted molar refractivity (Wildman–Crippen MR) is 86.7 cm³/mol. The van der Waals surface area contributed by atoms with Gasteiger partial charge in [-0.25, -0.2) is 13.1 Å². The molecular weight excluding hydrogens is 300 g/mol. The molecule has 0 bridgehead atoms. The Morgan fingerprint density at radius 2 is 1.59 bits per heavy atom. The van der Waals surface area contributed by atoms with Crippen LogP contribution in [0.2, 0.25) is 0 Å². The van der Waals surface area contributed by atoms with Crippen molar-refractivity contribution >= 4 is 21.5 Å². The van der Waals surface area contributed by atoms with E-state index >= 15 is 0 Å². The molecule has 5 nitrogen and oxygen atoms in total. The fourth-order valence-electron chi connectivity index (χ4n) is 1.89. The van der Waals surface area contributed by atoms with Crippen molar-refractivity contribution in [3.05, 3.63) is 60.2 Å². The minimum atomic E-state index is -3.66. The molecular formula is C16H18N2O3S. The molecule has 6 heteroatoms. The monoisotopic (exact) mass is 318 g/mol. The van der Waals surface area contributed by atoms with Crippen molar-refractivity contribution < 1.29 is 13.2 Å². The second kappa shape index (κ2) is 6.72. The maximum Gasteiger partial charge on any atom is 0.240 e. The Morgan fingerprint density at radius 1 is 1.00 bits per heavy atom. The molecule has 0 unspecified atom stereocenters. The molecule has 0 spiro atoms. The zero-order valence-corrected chi connectivity index (χ0v) is 13.3. The molecule has 1 N–H and O–H groups in total. The quantitative estimate of drug-likeness (QED) is 0.826. The highest BCUT2D eigenvalue weighted by Crippen LogP contribution is 2.13. The number of ketones is 1. The Kier molecular flexibility index (Phi) is 4.95. The molecule has 0 aliphatic heterocycles. The van der Waals surface area contributed by atoms with Crippen LogP contribution in [-0.4, -0.2) is 34.8 Å². The van der Waals surface area contributed by atoms with Gasteiger partial charge >= 0.3 is 0 Å². The maximum atomic E-state index is 12.1. The van der Waals surface area contributed by atoms with Crippen LogP contribution in [0, 0.1) is 0 Å². The Hall–Kier alpha value is -2.18. The third-order valence-corrected chi connectivity index (χ3v) is 4.60. The topological polar surface area (TPSA) is 66.5 Å². The second-order valence-electron chi connectivity index (χ2n) is 5.00. The van der Waals surface area contributed by atoms with Crippen LogP contribution in [0.4, 0.5) is 5.69 Å². The number of sulfonamides is 1. The molecule has 2 aromatic rings. The first-order valence-electron chi connectivity index (χ1n) is 6.75. The van der Waals surface area contributed by atoms with Gasteiger partial charge in [0.05, 0.1) is 11.4 Å². The van der Waals surface area contributed by atoms with Gasteiger partial charge in [0.15, 0.2) is 5.78 Å². The van der Waals surface area contributed by atoms with Crippen LogP contribution in [0.5, 0.6) is 0 Å². The summed E-state index contributed by atoms with van der Waals surface area (Å²) in [6, 6.07) is 15.0. The highest BCUT2D eigenvalue weighted by atomic mass is 32.2. The average molecular weight is 318 g/mol. The third kappa shape index (κ3) is 3.93. The lowest BCUT2D eigenvalue weighted by atomic mass is 10.1. The van der Waals surface area contributed by atoms with E-state index in [-0.39, 0.29) is 17.2 Å². The first-order chi connectivity index (χ1) is 10.4. The zero-order chi connectivity index (χ0) is 16.2. The van der Waals surface area contributed by atoms with E-state index in [0.29, 0.717) is 5.56 Å². The number of carbonyl (C=O) groups is 1. The molecule has 22 heavy (non-hydrogen) atoms. The molecule has 0 aromatic heterocycles. The van der Waals surface area contributed by atoms with Crippen LogP contribution in [0.25, 0.3) is 0 Å². The fraction of sp³-hybridized carbons (Fsp3) is 0.188. The van der Waals surface area contributed by atoms with Crippen LogP contribution < -0.4 is 9.62 Å². The largest absolute Gasteiger partial charge is 0.378 e.